The Morgan fingerprint density at radius 1 is 1.33 bits per heavy atom. The highest BCUT2D eigenvalue weighted by Gasteiger charge is 2.30. The van der Waals surface area contributed by atoms with Crippen LogP contribution < -0.4 is 5.32 Å². The number of hydrogen-bond acceptors (Lipinski definition) is 3. The molecule has 0 aliphatic heterocycles. The second-order valence-corrected chi connectivity index (χ2v) is 3.43. The van der Waals surface area contributed by atoms with E-state index >= 15 is 0 Å². The molecule has 1 aromatic rings. The Kier molecular flexibility index (Phi) is 4.24. The highest BCUT2D eigenvalue weighted by molar-refractivity contribution is 5.85. The molecule has 1 rings (SSSR count). The third-order valence-corrected chi connectivity index (χ3v) is 1.89. The molecule has 0 saturated carbocycles. The zero-order valence-corrected chi connectivity index (χ0v) is 8.99. The maximum Gasteiger partial charge on any atom is 0.397 e. The van der Waals surface area contributed by atoms with E-state index in [4.69, 9.17) is 5.11 Å². The smallest absolute Gasteiger partial charge is 0.397 e. The number of carbonyl (C=O) groups is 2. The van der Waals surface area contributed by atoms with Crippen molar-refractivity contribution in [1.29, 1.82) is 0 Å². The Balaban J connectivity index is 2.49. The van der Waals surface area contributed by atoms with Crippen molar-refractivity contribution in [2.24, 2.45) is 0 Å². The lowest BCUT2D eigenvalue weighted by molar-refractivity contribution is -0.153. The normalized spacial score (nSPS) is 11.1. The van der Waals surface area contributed by atoms with Crippen LogP contribution in [0.2, 0.25) is 0 Å². The van der Waals surface area contributed by atoms with E-state index in [1.807, 2.05) is 0 Å². The molecule has 1 amide bonds. The van der Waals surface area contributed by atoms with Crippen LogP contribution in [0.4, 0.5) is 13.2 Å². The van der Waals surface area contributed by atoms with Crippen LogP contribution >= 0.6 is 0 Å². The van der Waals surface area contributed by atoms with Gasteiger partial charge in [0.1, 0.15) is 12.1 Å². The molecule has 0 spiro atoms. The summed E-state index contributed by atoms with van der Waals surface area (Å²) in [6, 6.07) is 2.57. The van der Waals surface area contributed by atoms with Crippen molar-refractivity contribution < 1.29 is 27.9 Å². The Morgan fingerprint density at radius 2 is 2.00 bits per heavy atom. The molecular formula is C10H9F3N2O3. The fraction of sp³-hybridized carbons (Fsp3) is 0.300. The fourth-order valence-electron chi connectivity index (χ4n) is 1.10. The van der Waals surface area contributed by atoms with Crippen molar-refractivity contribution in [3.8, 4) is 0 Å². The first-order chi connectivity index (χ1) is 8.28. The molecule has 8 heteroatoms. The van der Waals surface area contributed by atoms with E-state index in [2.05, 4.69) is 10.3 Å². The number of carboxylic acid groups (broad SMARTS) is 1. The quantitative estimate of drug-likeness (QED) is 0.858. The topological polar surface area (TPSA) is 79.3 Å². The maximum absolute atomic E-state index is 11.8. The Morgan fingerprint density at radius 3 is 2.44 bits per heavy atom. The average molecular weight is 262 g/mol. The van der Waals surface area contributed by atoms with Gasteiger partial charge in [0.2, 0.25) is 5.91 Å². The number of alkyl halides is 3. The minimum Gasteiger partial charge on any atom is -0.477 e. The largest absolute Gasteiger partial charge is 0.477 e. The van der Waals surface area contributed by atoms with Crippen molar-refractivity contribution in [3.05, 3.63) is 29.6 Å². The summed E-state index contributed by atoms with van der Waals surface area (Å²) < 4.78 is 35.5. The number of nitrogens with zero attached hydrogens (tertiary/aromatic N) is 1. The van der Waals surface area contributed by atoms with Crippen molar-refractivity contribution in [3.63, 3.8) is 0 Å². The lowest BCUT2D eigenvalue weighted by Gasteiger charge is -2.07. The number of halogens is 3. The van der Waals surface area contributed by atoms with Gasteiger partial charge in [-0.25, -0.2) is 9.78 Å². The number of aromatic nitrogens is 1. The van der Waals surface area contributed by atoms with Gasteiger partial charge in [-0.15, -0.1) is 0 Å². The summed E-state index contributed by atoms with van der Waals surface area (Å²) in [7, 11) is 0. The lowest BCUT2D eigenvalue weighted by atomic mass is 10.2. The van der Waals surface area contributed by atoms with Crippen molar-refractivity contribution in [2.75, 3.05) is 0 Å². The summed E-state index contributed by atoms with van der Waals surface area (Å²) >= 11 is 0. The zero-order valence-electron chi connectivity index (χ0n) is 8.99. The molecule has 0 fully saturated rings. The molecule has 0 bridgehead atoms. The van der Waals surface area contributed by atoms with Crippen LogP contribution in [0.3, 0.4) is 0 Å². The Hall–Kier alpha value is -2.12. The second-order valence-electron chi connectivity index (χ2n) is 3.43. The highest BCUT2D eigenvalue weighted by Crippen LogP contribution is 2.18. The van der Waals surface area contributed by atoms with E-state index in [1.54, 1.807) is 0 Å². The summed E-state index contributed by atoms with van der Waals surface area (Å²) in [5.41, 5.74) is 0.232. The van der Waals surface area contributed by atoms with Crippen LogP contribution in [0.25, 0.3) is 0 Å². The number of hydrogen-bond donors (Lipinski definition) is 2. The van der Waals surface area contributed by atoms with Gasteiger partial charge >= 0.3 is 12.1 Å². The van der Waals surface area contributed by atoms with Crippen LogP contribution in [-0.2, 0) is 11.3 Å². The predicted octanol–water partition coefficient (Wildman–Crippen LogP) is 1.35. The molecule has 0 radical (unpaired) electrons. The van der Waals surface area contributed by atoms with Crippen molar-refractivity contribution in [1.82, 2.24) is 10.3 Å². The molecule has 1 heterocycles. The molecule has 0 aliphatic carbocycles. The van der Waals surface area contributed by atoms with Crippen molar-refractivity contribution >= 4 is 11.9 Å². The average Bonchev–Trinajstić information content (AvgIpc) is 2.24. The molecule has 5 nitrogen and oxygen atoms in total. The van der Waals surface area contributed by atoms with Crippen LogP contribution in [0, 0.1) is 0 Å². The monoisotopic (exact) mass is 262 g/mol. The van der Waals surface area contributed by atoms with Gasteiger partial charge in [-0.2, -0.15) is 13.2 Å². The minimum absolute atomic E-state index is 0.137. The molecule has 98 valence electrons. The van der Waals surface area contributed by atoms with Crippen LogP contribution in [0.1, 0.15) is 22.5 Å². The second kappa shape index (κ2) is 5.48. The summed E-state index contributed by atoms with van der Waals surface area (Å²) in [4.78, 5) is 24.9. The first kappa shape index (κ1) is 13.9. The molecule has 0 aliphatic rings. The molecule has 2 N–H and O–H groups in total. The number of nitrogens with one attached hydrogen (secondary N) is 1. The Labute approximate surface area is 99.6 Å². The maximum atomic E-state index is 11.8. The van der Waals surface area contributed by atoms with E-state index in [9.17, 15) is 22.8 Å². The molecule has 0 unspecified atom stereocenters. The summed E-state index contributed by atoms with van der Waals surface area (Å²) in [6.45, 7) is -0.137. The summed E-state index contributed by atoms with van der Waals surface area (Å²) in [5.74, 6) is -2.35. The van der Waals surface area contributed by atoms with Gasteiger partial charge in [-0.1, -0.05) is 6.07 Å². The number of amides is 1. The van der Waals surface area contributed by atoms with Gasteiger partial charge in [-0.05, 0) is 11.6 Å². The van der Waals surface area contributed by atoms with Gasteiger partial charge in [-0.3, -0.25) is 4.79 Å². The minimum atomic E-state index is -4.55. The predicted molar refractivity (Wildman–Crippen MR) is 53.7 cm³/mol. The summed E-state index contributed by atoms with van der Waals surface area (Å²) in [5, 5.41) is 10.6. The third kappa shape index (κ3) is 4.81. The van der Waals surface area contributed by atoms with Crippen molar-refractivity contribution in [2.45, 2.75) is 19.1 Å². The van der Waals surface area contributed by atoms with Gasteiger partial charge in [0.25, 0.3) is 0 Å². The van der Waals surface area contributed by atoms with Gasteiger partial charge < -0.3 is 10.4 Å². The zero-order chi connectivity index (χ0) is 13.8. The molecule has 18 heavy (non-hydrogen) atoms. The van der Waals surface area contributed by atoms with Gasteiger partial charge in [0, 0.05) is 12.7 Å². The molecule has 1 aromatic heterocycles. The SMILES string of the molecule is O=C(CC(F)(F)F)NCc1ccc(C(=O)O)nc1. The van der Waals surface area contributed by atoms with Crippen LogP contribution in [-0.4, -0.2) is 28.1 Å². The highest BCUT2D eigenvalue weighted by atomic mass is 19.4. The molecule has 0 aromatic carbocycles. The molecule has 0 saturated heterocycles. The number of aromatic carboxylic acids is 1. The van der Waals surface area contributed by atoms with E-state index in [0.29, 0.717) is 5.56 Å². The molecular weight excluding hydrogens is 253 g/mol. The Bertz CT molecular complexity index is 443. The number of rotatable bonds is 4. The number of carbonyl (C=O) groups excluding carboxylic acids is 1. The third-order valence-electron chi connectivity index (χ3n) is 1.89. The standard InChI is InChI=1S/C10H9F3N2O3/c11-10(12,13)3-8(16)15-5-6-1-2-7(9(17)18)14-4-6/h1-2,4H,3,5H2,(H,15,16)(H,17,18). The summed E-state index contributed by atoms with van der Waals surface area (Å²) in [6.07, 6.45) is -4.92. The number of carboxylic acids is 1. The first-order valence-electron chi connectivity index (χ1n) is 4.79. The van der Waals surface area contributed by atoms with Gasteiger partial charge in [0.15, 0.2) is 0 Å². The number of pyridine rings is 1. The molecule has 0 atom stereocenters. The fourth-order valence-corrected chi connectivity index (χ4v) is 1.10. The van der Waals surface area contributed by atoms with Crippen LogP contribution in [0.15, 0.2) is 18.3 Å². The van der Waals surface area contributed by atoms with E-state index in [-0.39, 0.29) is 12.2 Å². The van der Waals surface area contributed by atoms with E-state index < -0.39 is 24.5 Å². The van der Waals surface area contributed by atoms with Gasteiger partial charge in [0.05, 0.1) is 0 Å². The lowest BCUT2D eigenvalue weighted by Crippen LogP contribution is -2.28. The van der Waals surface area contributed by atoms with Crippen LogP contribution in [0.5, 0.6) is 0 Å². The van der Waals surface area contributed by atoms with E-state index in [0.717, 1.165) is 0 Å². The van der Waals surface area contributed by atoms with E-state index in [1.165, 1.54) is 18.3 Å². The first-order valence-corrected chi connectivity index (χ1v) is 4.79.